The Kier molecular flexibility index (Phi) is 4.21. The van der Waals surface area contributed by atoms with Gasteiger partial charge in [0.2, 0.25) is 11.2 Å². The van der Waals surface area contributed by atoms with Crippen molar-refractivity contribution in [1.29, 1.82) is 0 Å². The van der Waals surface area contributed by atoms with Crippen molar-refractivity contribution in [2.75, 3.05) is 11.9 Å². The molecule has 0 amide bonds. The van der Waals surface area contributed by atoms with Gasteiger partial charge in [0, 0.05) is 7.05 Å². The fraction of sp³-hybridized carbons (Fsp3) is 0.417. The Labute approximate surface area is 116 Å². The number of hydrogen-bond acceptors (Lipinski definition) is 6. The van der Waals surface area contributed by atoms with Crippen LogP contribution in [0.2, 0.25) is 5.28 Å². The molecule has 2 aromatic heterocycles. The molecule has 0 radical (unpaired) electrons. The van der Waals surface area contributed by atoms with E-state index in [1.807, 2.05) is 33.0 Å². The van der Waals surface area contributed by atoms with Crippen molar-refractivity contribution in [3.63, 3.8) is 0 Å². The molecule has 0 aromatic carbocycles. The monoisotopic (exact) mass is 282 g/mol. The summed E-state index contributed by atoms with van der Waals surface area (Å²) in [6.45, 7) is 4.32. The van der Waals surface area contributed by atoms with Crippen LogP contribution in [0.25, 0.3) is 0 Å². The summed E-state index contributed by atoms with van der Waals surface area (Å²) in [4.78, 5) is 14.0. The molecule has 2 heterocycles. The molecule has 19 heavy (non-hydrogen) atoms. The van der Waals surface area contributed by atoms with Crippen LogP contribution in [-0.4, -0.2) is 28.1 Å². The number of anilines is 1. The second-order valence-electron chi connectivity index (χ2n) is 4.29. The quantitative estimate of drug-likeness (QED) is 0.840. The summed E-state index contributed by atoms with van der Waals surface area (Å²) in [5.74, 6) is 1.25. The number of halogens is 1. The van der Waals surface area contributed by atoms with E-state index < -0.39 is 0 Å². The first kappa shape index (κ1) is 13.6. The molecule has 0 aliphatic rings. The molecule has 102 valence electrons. The van der Waals surface area contributed by atoms with Crippen molar-refractivity contribution < 1.29 is 9.15 Å². The Hall–Kier alpha value is -1.82. The predicted molar refractivity (Wildman–Crippen MR) is 71.4 cm³/mol. The van der Waals surface area contributed by atoms with E-state index in [1.165, 1.54) is 0 Å². The van der Waals surface area contributed by atoms with E-state index in [4.69, 9.17) is 20.8 Å². The van der Waals surface area contributed by atoms with E-state index in [0.717, 1.165) is 5.76 Å². The lowest BCUT2D eigenvalue weighted by Crippen LogP contribution is -2.20. The lowest BCUT2D eigenvalue weighted by Gasteiger charge is -2.16. The highest BCUT2D eigenvalue weighted by atomic mass is 35.5. The molecule has 0 atom stereocenters. The van der Waals surface area contributed by atoms with Gasteiger partial charge in [0.15, 0.2) is 0 Å². The summed E-state index contributed by atoms with van der Waals surface area (Å²) in [6.07, 6.45) is 1.60. The van der Waals surface area contributed by atoms with Gasteiger partial charge >= 0.3 is 6.01 Å². The van der Waals surface area contributed by atoms with Gasteiger partial charge in [0.1, 0.15) is 5.76 Å². The van der Waals surface area contributed by atoms with Gasteiger partial charge < -0.3 is 14.1 Å². The van der Waals surface area contributed by atoms with Crippen LogP contribution in [0.5, 0.6) is 6.01 Å². The molecule has 6 nitrogen and oxygen atoms in total. The Morgan fingerprint density at radius 1 is 1.37 bits per heavy atom. The zero-order valence-corrected chi connectivity index (χ0v) is 11.8. The molecule has 0 unspecified atom stereocenters. The third kappa shape index (κ3) is 3.82. The minimum atomic E-state index is -0.0262. The normalized spacial score (nSPS) is 10.8. The van der Waals surface area contributed by atoms with E-state index in [-0.39, 0.29) is 17.4 Å². The highest BCUT2D eigenvalue weighted by Gasteiger charge is 2.12. The Balaban J connectivity index is 2.16. The summed E-state index contributed by atoms with van der Waals surface area (Å²) >= 11 is 5.87. The number of furan rings is 1. The molecule has 0 saturated carbocycles. The van der Waals surface area contributed by atoms with E-state index in [0.29, 0.717) is 12.5 Å². The van der Waals surface area contributed by atoms with Crippen molar-refractivity contribution in [3.8, 4) is 6.01 Å². The first-order chi connectivity index (χ1) is 9.04. The fourth-order valence-electron chi connectivity index (χ4n) is 1.46. The summed E-state index contributed by atoms with van der Waals surface area (Å²) in [5, 5.41) is 0.104. The van der Waals surface area contributed by atoms with Gasteiger partial charge in [-0.1, -0.05) is 0 Å². The van der Waals surface area contributed by atoms with Crippen molar-refractivity contribution >= 4 is 17.5 Å². The first-order valence-electron chi connectivity index (χ1n) is 5.86. The third-order valence-corrected chi connectivity index (χ3v) is 2.40. The number of rotatable bonds is 5. The van der Waals surface area contributed by atoms with E-state index in [2.05, 4.69) is 15.0 Å². The smallest absolute Gasteiger partial charge is 0.322 e. The molecule has 0 fully saturated rings. The SMILES string of the molecule is CC(C)Oc1nc(Cl)nc(N(C)Cc2ccco2)n1. The Morgan fingerprint density at radius 3 is 2.79 bits per heavy atom. The van der Waals surface area contributed by atoms with Gasteiger partial charge in [0.25, 0.3) is 0 Å². The van der Waals surface area contributed by atoms with Gasteiger partial charge in [-0.2, -0.15) is 15.0 Å². The van der Waals surface area contributed by atoms with Gasteiger partial charge in [-0.05, 0) is 37.6 Å². The van der Waals surface area contributed by atoms with Gasteiger partial charge in [-0.15, -0.1) is 0 Å². The van der Waals surface area contributed by atoms with Crippen molar-refractivity contribution in [2.24, 2.45) is 0 Å². The minimum Gasteiger partial charge on any atom is -0.467 e. The Bertz CT molecular complexity index is 531. The molecule has 0 N–H and O–H groups in total. The maximum atomic E-state index is 5.87. The molecule has 7 heteroatoms. The van der Waals surface area contributed by atoms with Crippen molar-refractivity contribution in [1.82, 2.24) is 15.0 Å². The highest BCUT2D eigenvalue weighted by molar-refractivity contribution is 6.28. The summed E-state index contributed by atoms with van der Waals surface area (Å²) in [6, 6.07) is 3.93. The third-order valence-electron chi connectivity index (χ3n) is 2.23. The van der Waals surface area contributed by atoms with Crippen LogP contribution in [-0.2, 0) is 6.54 Å². The van der Waals surface area contributed by atoms with Crippen LogP contribution in [0.15, 0.2) is 22.8 Å². The van der Waals surface area contributed by atoms with Gasteiger partial charge in [0.05, 0.1) is 18.9 Å². The molecule has 0 bridgehead atoms. The molecule has 0 aliphatic carbocycles. The zero-order chi connectivity index (χ0) is 13.8. The Morgan fingerprint density at radius 2 is 2.16 bits per heavy atom. The highest BCUT2D eigenvalue weighted by Crippen LogP contribution is 2.17. The van der Waals surface area contributed by atoms with Crippen molar-refractivity contribution in [3.05, 3.63) is 29.4 Å². The zero-order valence-electron chi connectivity index (χ0n) is 11.0. The summed E-state index contributed by atoms with van der Waals surface area (Å²) < 4.78 is 10.7. The largest absolute Gasteiger partial charge is 0.467 e. The molecule has 2 aromatic rings. The average Bonchev–Trinajstić information content (AvgIpc) is 2.80. The second-order valence-corrected chi connectivity index (χ2v) is 4.63. The molecular weight excluding hydrogens is 268 g/mol. The van der Waals surface area contributed by atoms with Gasteiger partial charge in [-0.3, -0.25) is 0 Å². The van der Waals surface area contributed by atoms with Crippen LogP contribution < -0.4 is 9.64 Å². The standard InChI is InChI=1S/C12H15ClN4O2/c1-8(2)19-12-15-10(13)14-11(16-12)17(3)7-9-5-4-6-18-9/h4-6,8H,7H2,1-3H3. The van der Waals surface area contributed by atoms with E-state index in [1.54, 1.807) is 11.2 Å². The van der Waals surface area contributed by atoms with Crippen molar-refractivity contribution in [2.45, 2.75) is 26.5 Å². The maximum Gasteiger partial charge on any atom is 0.322 e. The molecule has 0 spiro atoms. The molecule has 0 aliphatic heterocycles. The van der Waals surface area contributed by atoms with E-state index in [9.17, 15) is 0 Å². The van der Waals surface area contributed by atoms with Gasteiger partial charge in [-0.25, -0.2) is 0 Å². The molecule has 0 saturated heterocycles. The average molecular weight is 283 g/mol. The molecular formula is C12H15ClN4O2. The van der Waals surface area contributed by atoms with E-state index >= 15 is 0 Å². The van der Waals surface area contributed by atoms with Crippen LogP contribution >= 0.6 is 11.6 Å². The predicted octanol–water partition coefficient (Wildman–Crippen LogP) is 2.54. The first-order valence-corrected chi connectivity index (χ1v) is 6.24. The number of ether oxygens (including phenoxy) is 1. The van der Waals surface area contributed by atoms with Crippen LogP contribution in [0.1, 0.15) is 19.6 Å². The minimum absolute atomic E-state index is 0.0262. The second kappa shape index (κ2) is 5.88. The lowest BCUT2D eigenvalue weighted by molar-refractivity contribution is 0.221. The number of aromatic nitrogens is 3. The van der Waals surface area contributed by atoms with Crippen LogP contribution in [0, 0.1) is 0 Å². The maximum absolute atomic E-state index is 5.87. The topological polar surface area (TPSA) is 64.3 Å². The number of hydrogen-bond donors (Lipinski definition) is 0. The van der Waals surface area contributed by atoms with Crippen LogP contribution in [0.3, 0.4) is 0 Å². The summed E-state index contributed by atoms with van der Waals surface area (Å²) in [7, 11) is 1.84. The fourth-order valence-corrected chi connectivity index (χ4v) is 1.61. The summed E-state index contributed by atoms with van der Waals surface area (Å²) in [5.41, 5.74) is 0. The number of nitrogens with zero attached hydrogens (tertiary/aromatic N) is 4. The molecule has 2 rings (SSSR count). The van der Waals surface area contributed by atoms with Crippen LogP contribution in [0.4, 0.5) is 5.95 Å². The lowest BCUT2D eigenvalue weighted by atomic mass is 10.4.